The summed E-state index contributed by atoms with van der Waals surface area (Å²) in [5, 5.41) is 3.37. The second-order valence-electron chi connectivity index (χ2n) is 6.21. The predicted octanol–water partition coefficient (Wildman–Crippen LogP) is 3.89. The van der Waals surface area contributed by atoms with E-state index in [1.165, 1.54) is 0 Å². The molecule has 0 aliphatic carbocycles. The number of hydrogen-bond acceptors (Lipinski definition) is 3. The maximum absolute atomic E-state index is 12.9. The molecule has 0 radical (unpaired) electrons. The maximum Gasteiger partial charge on any atom is 0.254 e. The Kier molecular flexibility index (Phi) is 9.80. The Bertz CT molecular complexity index is 473. The molecule has 1 aromatic rings. The Labute approximate surface area is 152 Å². The monoisotopic (exact) mass is 354 g/mol. The first kappa shape index (κ1) is 20.8. The van der Waals surface area contributed by atoms with E-state index < -0.39 is 0 Å². The van der Waals surface area contributed by atoms with Crippen LogP contribution in [0.25, 0.3) is 0 Å². The molecule has 24 heavy (non-hydrogen) atoms. The van der Waals surface area contributed by atoms with E-state index in [0.717, 1.165) is 69.7 Å². The SMILES string of the molecule is CCCCOc1ccc(C(=O)N(CCC)C2CCNCC2)cc1.Cl. The van der Waals surface area contributed by atoms with Crippen molar-refractivity contribution in [1.82, 2.24) is 10.2 Å². The second kappa shape index (κ2) is 11.3. The topological polar surface area (TPSA) is 41.6 Å². The summed E-state index contributed by atoms with van der Waals surface area (Å²) >= 11 is 0. The summed E-state index contributed by atoms with van der Waals surface area (Å²) in [6.07, 6.45) is 5.27. The highest BCUT2D eigenvalue weighted by molar-refractivity contribution is 5.94. The van der Waals surface area contributed by atoms with Gasteiger partial charge in [-0.3, -0.25) is 4.79 Å². The zero-order valence-corrected chi connectivity index (χ0v) is 15.7. The van der Waals surface area contributed by atoms with Gasteiger partial charge in [0.25, 0.3) is 5.91 Å². The minimum atomic E-state index is 0. The van der Waals surface area contributed by atoms with Crippen molar-refractivity contribution >= 4 is 18.3 Å². The summed E-state index contributed by atoms with van der Waals surface area (Å²) < 4.78 is 5.67. The van der Waals surface area contributed by atoms with Crippen LogP contribution in [0.15, 0.2) is 24.3 Å². The Balaban J connectivity index is 0.00000288. The smallest absolute Gasteiger partial charge is 0.254 e. The van der Waals surface area contributed by atoms with Gasteiger partial charge in [-0.15, -0.1) is 12.4 Å². The van der Waals surface area contributed by atoms with Crippen molar-refractivity contribution < 1.29 is 9.53 Å². The fourth-order valence-corrected chi connectivity index (χ4v) is 3.00. The fourth-order valence-electron chi connectivity index (χ4n) is 3.00. The van der Waals surface area contributed by atoms with E-state index in [1.807, 2.05) is 24.3 Å². The number of amides is 1. The molecule has 1 saturated heterocycles. The Morgan fingerprint density at radius 3 is 2.42 bits per heavy atom. The van der Waals surface area contributed by atoms with Crippen LogP contribution in [0, 0.1) is 0 Å². The minimum absolute atomic E-state index is 0. The van der Waals surface area contributed by atoms with Gasteiger partial charge in [0.05, 0.1) is 6.61 Å². The standard InChI is InChI=1S/C19H30N2O2.ClH/c1-3-5-15-23-18-8-6-16(7-9-18)19(22)21(14-4-2)17-10-12-20-13-11-17;/h6-9,17,20H,3-5,10-15H2,1-2H3;1H. The van der Waals surface area contributed by atoms with Gasteiger partial charge in [-0.25, -0.2) is 0 Å². The van der Waals surface area contributed by atoms with Crippen LogP contribution >= 0.6 is 12.4 Å². The van der Waals surface area contributed by atoms with Crippen molar-refractivity contribution in [2.24, 2.45) is 0 Å². The van der Waals surface area contributed by atoms with E-state index in [9.17, 15) is 4.79 Å². The average Bonchev–Trinajstić information content (AvgIpc) is 2.61. The van der Waals surface area contributed by atoms with Gasteiger partial charge in [-0.2, -0.15) is 0 Å². The van der Waals surface area contributed by atoms with Crippen LogP contribution in [-0.2, 0) is 0 Å². The van der Waals surface area contributed by atoms with Crippen LogP contribution in [0.1, 0.15) is 56.3 Å². The van der Waals surface area contributed by atoms with Gasteiger partial charge in [0.2, 0.25) is 0 Å². The highest BCUT2D eigenvalue weighted by Crippen LogP contribution is 2.19. The number of unbranched alkanes of at least 4 members (excludes halogenated alkanes) is 1. The number of piperidine rings is 1. The Morgan fingerprint density at radius 2 is 1.83 bits per heavy atom. The number of nitrogens with one attached hydrogen (secondary N) is 1. The zero-order valence-electron chi connectivity index (χ0n) is 14.9. The van der Waals surface area contributed by atoms with Crippen molar-refractivity contribution in [3.05, 3.63) is 29.8 Å². The molecule has 1 N–H and O–H groups in total. The molecule has 2 rings (SSSR count). The number of nitrogens with zero attached hydrogens (tertiary/aromatic N) is 1. The van der Waals surface area contributed by atoms with Crippen molar-refractivity contribution in [1.29, 1.82) is 0 Å². The third-order valence-corrected chi connectivity index (χ3v) is 4.34. The third-order valence-electron chi connectivity index (χ3n) is 4.34. The van der Waals surface area contributed by atoms with Gasteiger partial charge in [0.1, 0.15) is 5.75 Å². The van der Waals surface area contributed by atoms with Crippen molar-refractivity contribution in [2.75, 3.05) is 26.2 Å². The summed E-state index contributed by atoms with van der Waals surface area (Å²) in [5.41, 5.74) is 0.764. The number of hydrogen-bond donors (Lipinski definition) is 1. The molecule has 1 amide bonds. The molecule has 0 unspecified atom stereocenters. The number of carbonyl (C=O) groups is 1. The number of benzene rings is 1. The fraction of sp³-hybridized carbons (Fsp3) is 0.632. The normalized spacial score (nSPS) is 14.8. The van der Waals surface area contributed by atoms with Gasteiger partial charge in [0.15, 0.2) is 0 Å². The lowest BCUT2D eigenvalue weighted by Gasteiger charge is -2.34. The molecular formula is C19H31ClN2O2. The van der Waals surface area contributed by atoms with Gasteiger partial charge >= 0.3 is 0 Å². The zero-order chi connectivity index (χ0) is 16.5. The second-order valence-corrected chi connectivity index (χ2v) is 6.21. The van der Waals surface area contributed by atoms with Crippen LogP contribution in [0.5, 0.6) is 5.75 Å². The first-order valence-electron chi connectivity index (χ1n) is 9.00. The summed E-state index contributed by atoms with van der Waals surface area (Å²) in [5.74, 6) is 0.998. The third kappa shape index (κ3) is 5.99. The average molecular weight is 355 g/mol. The van der Waals surface area contributed by atoms with Crippen LogP contribution in [0.4, 0.5) is 0 Å². The predicted molar refractivity (Wildman–Crippen MR) is 101 cm³/mol. The van der Waals surface area contributed by atoms with E-state index in [-0.39, 0.29) is 18.3 Å². The minimum Gasteiger partial charge on any atom is -0.494 e. The molecule has 0 saturated carbocycles. The van der Waals surface area contributed by atoms with E-state index in [4.69, 9.17) is 4.74 Å². The molecule has 5 heteroatoms. The van der Waals surface area contributed by atoms with Crippen LogP contribution in [0.2, 0.25) is 0 Å². The molecule has 0 atom stereocenters. The Hall–Kier alpha value is -1.26. The van der Waals surface area contributed by atoms with Gasteiger partial charge in [0, 0.05) is 18.2 Å². The molecule has 0 aromatic heterocycles. The molecule has 1 aliphatic heterocycles. The number of carbonyl (C=O) groups excluding carboxylic acids is 1. The maximum atomic E-state index is 12.9. The number of ether oxygens (including phenoxy) is 1. The summed E-state index contributed by atoms with van der Waals surface area (Å²) in [4.78, 5) is 14.9. The van der Waals surface area contributed by atoms with Crippen LogP contribution in [0.3, 0.4) is 0 Å². The number of halogens is 1. The lowest BCUT2D eigenvalue weighted by atomic mass is 10.0. The van der Waals surface area contributed by atoms with Crippen molar-refractivity contribution in [3.63, 3.8) is 0 Å². The van der Waals surface area contributed by atoms with Crippen LogP contribution in [-0.4, -0.2) is 43.1 Å². The van der Waals surface area contributed by atoms with Crippen LogP contribution < -0.4 is 10.1 Å². The van der Waals surface area contributed by atoms with Crippen molar-refractivity contribution in [3.8, 4) is 5.75 Å². The molecule has 4 nitrogen and oxygen atoms in total. The van der Waals surface area contributed by atoms with E-state index in [1.54, 1.807) is 0 Å². The lowest BCUT2D eigenvalue weighted by Crippen LogP contribution is -2.46. The highest BCUT2D eigenvalue weighted by Gasteiger charge is 2.25. The largest absolute Gasteiger partial charge is 0.494 e. The first-order valence-corrected chi connectivity index (χ1v) is 9.00. The van der Waals surface area contributed by atoms with E-state index in [0.29, 0.717) is 6.04 Å². The van der Waals surface area contributed by atoms with Gasteiger partial charge < -0.3 is 15.0 Å². The van der Waals surface area contributed by atoms with E-state index >= 15 is 0 Å². The van der Waals surface area contributed by atoms with E-state index in [2.05, 4.69) is 24.1 Å². The summed E-state index contributed by atoms with van der Waals surface area (Å²) in [6.45, 7) is 7.85. The molecule has 1 heterocycles. The molecule has 1 fully saturated rings. The molecular weight excluding hydrogens is 324 g/mol. The summed E-state index contributed by atoms with van der Waals surface area (Å²) in [7, 11) is 0. The van der Waals surface area contributed by atoms with Crippen molar-refractivity contribution in [2.45, 2.75) is 52.0 Å². The lowest BCUT2D eigenvalue weighted by molar-refractivity contribution is 0.0642. The highest BCUT2D eigenvalue weighted by atomic mass is 35.5. The summed E-state index contributed by atoms with van der Waals surface area (Å²) in [6, 6.07) is 7.98. The number of rotatable bonds is 8. The van der Waals surface area contributed by atoms with Gasteiger partial charge in [-0.1, -0.05) is 20.3 Å². The van der Waals surface area contributed by atoms with Gasteiger partial charge in [-0.05, 0) is 63.0 Å². The molecule has 0 spiro atoms. The molecule has 1 aliphatic rings. The Morgan fingerprint density at radius 1 is 1.17 bits per heavy atom. The first-order chi connectivity index (χ1) is 11.3. The molecule has 136 valence electrons. The molecule has 0 bridgehead atoms. The quantitative estimate of drug-likeness (QED) is 0.720. The molecule has 1 aromatic carbocycles.